The first kappa shape index (κ1) is 27.9. The Balaban J connectivity index is 0.00000115. The van der Waals surface area contributed by atoms with Gasteiger partial charge in [-0.15, -0.1) is 11.3 Å². The van der Waals surface area contributed by atoms with Gasteiger partial charge < -0.3 is 14.1 Å². The van der Waals surface area contributed by atoms with Crippen LogP contribution in [0.2, 0.25) is 0 Å². The molecule has 0 atom stereocenters. The zero-order valence-electron chi connectivity index (χ0n) is 21.2. The van der Waals surface area contributed by atoms with Gasteiger partial charge in [-0.2, -0.15) is 0 Å². The van der Waals surface area contributed by atoms with Crippen LogP contribution in [0.1, 0.15) is 63.8 Å². The van der Waals surface area contributed by atoms with E-state index in [0.717, 1.165) is 65.5 Å². The van der Waals surface area contributed by atoms with E-state index >= 15 is 0 Å². The minimum atomic E-state index is -0.591. The van der Waals surface area contributed by atoms with Gasteiger partial charge in [-0.05, 0) is 57.5 Å². The van der Waals surface area contributed by atoms with Crippen LogP contribution in [0.4, 0.5) is 0 Å². The summed E-state index contributed by atoms with van der Waals surface area (Å²) in [6.07, 6.45) is 6.38. The van der Waals surface area contributed by atoms with Crippen LogP contribution in [0, 0.1) is 6.92 Å². The van der Waals surface area contributed by atoms with Gasteiger partial charge in [-0.3, -0.25) is 19.3 Å². The maximum absolute atomic E-state index is 13.8. The summed E-state index contributed by atoms with van der Waals surface area (Å²) in [7, 11) is 3.34. The number of carbonyl (C=O) groups is 2. The monoisotopic (exact) mass is 530 g/mol. The number of amides is 1. The van der Waals surface area contributed by atoms with Gasteiger partial charge in [0.2, 0.25) is 5.91 Å². The van der Waals surface area contributed by atoms with Crippen LogP contribution in [0.5, 0.6) is 5.75 Å². The molecule has 1 aliphatic carbocycles. The Morgan fingerprint density at radius 3 is 2.56 bits per heavy atom. The molecule has 194 valence electrons. The summed E-state index contributed by atoms with van der Waals surface area (Å²) in [6.45, 7) is 4.90. The van der Waals surface area contributed by atoms with E-state index in [2.05, 4.69) is 34.4 Å². The van der Waals surface area contributed by atoms with E-state index < -0.39 is 5.41 Å². The van der Waals surface area contributed by atoms with E-state index in [-0.39, 0.29) is 5.91 Å². The van der Waals surface area contributed by atoms with Crippen LogP contribution in [-0.2, 0) is 29.6 Å². The lowest BCUT2D eigenvalue weighted by Gasteiger charge is -2.26. The third-order valence-corrected chi connectivity index (χ3v) is 7.11. The number of hydrogen-bond acceptors (Lipinski definition) is 9. The van der Waals surface area contributed by atoms with Crippen molar-refractivity contribution in [1.82, 2.24) is 19.6 Å². The number of aryl methyl sites for hydroxylation is 3. The van der Waals surface area contributed by atoms with Gasteiger partial charge in [0.15, 0.2) is 6.29 Å². The number of nitrogens with zero attached hydrogens (tertiary/aromatic N) is 3. The lowest BCUT2D eigenvalue weighted by Crippen LogP contribution is -2.40. The van der Waals surface area contributed by atoms with Crippen molar-refractivity contribution in [2.24, 2.45) is 0 Å². The van der Waals surface area contributed by atoms with E-state index in [0.29, 0.717) is 24.5 Å². The molecule has 0 unspecified atom stereocenters. The van der Waals surface area contributed by atoms with E-state index in [9.17, 15) is 9.59 Å². The summed E-state index contributed by atoms with van der Waals surface area (Å²) in [4.78, 5) is 36.7. The fourth-order valence-electron chi connectivity index (χ4n) is 4.04. The molecule has 0 aromatic carbocycles. The van der Waals surface area contributed by atoms with E-state index in [1.807, 2.05) is 36.1 Å². The molecule has 10 heteroatoms. The second-order valence-electron chi connectivity index (χ2n) is 8.61. The average molecular weight is 531 g/mol. The highest BCUT2D eigenvalue weighted by Crippen LogP contribution is 2.49. The summed E-state index contributed by atoms with van der Waals surface area (Å²) in [5.41, 5.74) is 0.635. The Bertz CT molecular complexity index is 1140. The third kappa shape index (κ3) is 6.74. The van der Waals surface area contributed by atoms with Crippen molar-refractivity contribution in [1.29, 1.82) is 0 Å². The smallest absolute Gasteiger partial charge is 0.235 e. The molecule has 8 nitrogen and oxygen atoms in total. The summed E-state index contributed by atoms with van der Waals surface area (Å²) >= 11 is 5.00. The van der Waals surface area contributed by atoms with Gasteiger partial charge >= 0.3 is 0 Å². The van der Waals surface area contributed by atoms with Crippen LogP contribution in [0.25, 0.3) is 0 Å². The van der Waals surface area contributed by atoms with Crippen molar-refractivity contribution in [3.05, 3.63) is 63.3 Å². The number of carbonyl (C=O) groups excluding carboxylic acids is 2. The molecule has 1 amide bonds. The largest absolute Gasteiger partial charge is 0.495 e. The molecule has 3 aromatic rings. The zero-order chi connectivity index (χ0) is 26.1. The highest BCUT2D eigenvalue weighted by atomic mass is 32.1. The first-order valence-corrected chi connectivity index (χ1v) is 13.3. The Morgan fingerprint density at radius 2 is 2.03 bits per heavy atom. The second-order valence-corrected chi connectivity index (χ2v) is 10.3. The number of furan rings is 1. The normalized spacial score (nSPS) is 13.5. The molecular formula is C26H34N4O4S2. The maximum Gasteiger partial charge on any atom is 0.235 e. The number of nitrogens with one attached hydrogen (secondary N) is 1. The third-order valence-electron chi connectivity index (χ3n) is 6.14. The summed E-state index contributed by atoms with van der Waals surface area (Å²) in [5, 5.41) is 0.771. The van der Waals surface area contributed by atoms with E-state index in [1.54, 1.807) is 20.4 Å². The average Bonchev–Trinajstić information content (AvgIpc) is 3.44. The van der Waals surface area contributed by atoms with Gasteiger partial charge in [-0.1, -0.05) is 19.7 Å². The van der Waals surface area contributed by atoms with E-state index in [4.69, 9.17) is 9.15 Å². The van der Waals surface area contributed by atoms with Gasteiger partial charge in [0.25, 0.3) is 0 Å². The number of methoxy groups -OCH3 is 1. The summed E-state index contributed by atoms with van der Waals surface area (Å²) in [6, 6.07) is 7.75. The molecule has 36 heavy (non-hydrogen) atoms. The molecule has 4 rings (SSSR count). The highest BCUT2D eigenvalue weighted by molar-refractivity contribution is 7.78. The van der Waals surface area contributed by atoms with Crippen molar-refractivity contribution < 1.29 is 18.7 Å². The molecule has 0 saturated heterocycles. The Labute approximate surface area is 222 Å². The van der Waals surface area contributed by atoms with Crippen molar-refractivity contribution in [3.63, 3.8) is 0 Å². The fraction of sp³-hybridized carbons (Fsp3) is 0.462. The van der Waals surface area contributed by atoms with Crippen LogP contribution in [0.15, 0.2) is 34.9 Å². The topological polar surface area (TPSA) is 97.6 Å². The molecule has 3 aromatic heterocycles. The lowest BCUT2D eigenvalue weighted by atomic mass is 9.99. The minimum Gasteiger partial charge on any atom is -0.495 e. The first-order valence-electron chi connectivity index (χ1n) is 12.0. The summed E-state index contributed by atoms with van der Waals surface area (Å²) < 4.78 is 13.5. The van der Waals surface area contributed by atoms with Gasteiger partial charge in [0.1, 0.15) is 28.0 Å². The molecular weight excluding hydrogens is 496 g/mol. The summed E-state index contributed by atoms with van der Waals surface area (Å²) in [5.74, 6) is 2.64. The first-order chi connectivity index (χ1) is 17.4. The number of aromatic nitrogens is 2. The molecule has 1 saturated carbocycles. The molecule has 1 N–H and O–H groups in total. The Morgan fingerprint density at radius 1 is 1.31 bits per heavy atom. The predicted octanol–water partition coefficient (Wildman–Crippen LogP) is 4.57. The predicted molar refractivity (Wildman–Crippen MR) is 144 cm³/mol. The van der Waals surface area contributed by atoms with Crippen LogP contribution in [-0.4, -0.2) is 47.8 Å². The number of rotatable bonds is 11. The Hall–Kier alpha value is -2.69. The van der Waals surface area contributed by atoms with Crippen LogP contribution in [0.3, 0.4) is 0 Å². The van der Waals surface area contributed by atoms with Crippen LogP contribution < -0.4 is 9.46 Å². The SMILES string of the molecule is CCc1ccc(CCCN(Cc2nc(C=O)c(C)s2)C(=O)C2(c3ccc(OC)cn3)CC2)o1.CNS. The number of aldehydes is 1. The lowest BCUT2D eigenvalue weighted by molar-refractivity contribution is -0.134. The molecule has 1 aliphatic rings. The van der Waals surface area contributed by atoms with Crippen molar-refractivity contribution >= 4 is 36.3 Å². The number of pyridine rings is 1. The van der Waals surface area contributed by atoms with Crippen molar-refractivity contribution in [2.45, 2.75) is 57.9 Å². The molecule has 0 radical (unpaired) electrons. The molecule has 0 spiro atoms. The van der Waals surface area contributed by atoms with Crippen LogP contribution >= 0.6 is 24.2 Å². The van der Waals surface area contributed by atoms with Crippen molar-refractivity contribution in [2.75, 3.05) is 20.7 Å². The number of ether oxygens (including phenoxy) is 1. The molecule has 3 heterocycles. The standard InChI is InChI=1S/C25H29N3O4S.CH5NS/c1-4-18-7-8-19(32-18)6-5-13-28(15-23-27-21(16-29)17(2)33-23)24(30)25(11-12-25)22-10-9-20(31-3)14-26-22;1-2-3/h7-10,14,16H,4-6,11-13,15H2,1-3H3;2-3H,1H3. The fourth-order valence-corrected chi connectivity index (χ4v) is 4.96. The van der Waals surface area contributed by atoms with Gasteiger partial charge in [0.05, 0.1) is 31.0 Å². The highest BCUT2D eigenvalue weighted by Gasteiger charge is 2.54. The number of hydrogen-bond donors (Lipinski definition) is 2. The van der Waals surface area contributed by atoms with Crippen molar-refractivity contribution in [3.8, 4) is 5.75 Å². The quantitative estimate of drug-likeness (QED) is 0.277. The van der Waals surface area contributed by atoms with E-state index in [1.165, 1.54) is 11.3 Å². The zero-order valence-corrected chi connectivity index (χ0v) is 23.0. The van der Waals surface area contributed by atoms with Gasteiger partial charge in [-0.25, -0.2) is 4.98 Å². The second kappa shape index (κ2) is 13.0. The number of thiol groups is 1. The van der Waals surface area contributed by atoms with Gasteiger partial charge in [0, 0.05) is 24.3 Å². The maximum atomic E-state index is 13.8. The minimum absolute atomic E-state index is 0.0642. The molecule has 0 bridgehead atoms. The molecule has 1 fully saturated rings. The Kier molecular flexibility index (Phi) is 10.1. The molecule has 0 aliphatic heterocycles. The number of thiazole rings is 1.